The van der Waals surface area contributed by atoms with Gasteiger partial charge in [-0.25, -0.2) is 15.0 Å². The Kier molecular flexibility index (Phi) is 5.23. The fourth-order valence-electron chi connectivity index (χ4n) is 7.59. The van der Waals surface area contributed by atoms with Gasteiger partial charge in [0, 0.05) is 52.7 Å². The summed E-state index contributed by atoms with van der Waals surface area (Å²) in [4.78, 5) is 16.2. The van der Waals surface area contributed by atoms with Crippen LogP contribution in [0.4, 0.5) is 0 Å². The number of hydrogen-bond donors (Lipinski definition) is 0. The van der Waals surface area contributed by atoms with Gasteiger partial charge in [0.25, 0.3) is 0 Å². The van der Waals surface area contributed by atoms with E-state index in [0.717, 1.165) is 60.5 Å². The van der Waals surface area contributed by atoms with Crippen LogP contribution in [0.15, 0.2) is 144 Å². The Morgan fingerprint density at radius 2 is 1.15 bits per heavy atom. The van der Waals surface area contributed by atoms with E-state index in [0.29, 0.717) is 11.4 Å². The van der Waals surface area contributed by atoms with Crippen LogP contribution >= 0.6 is 11.3 Å². The van der Waals surface area contributed by atoms with E-state index in [1.165, 1.54) is 36.3 Å². The fraction of sp³-hybridized carbons (Fsp3) is 0. The zero-order valence-corrected chi connectivity index (χ0v) is 26.3. The van der Waals surface area contributed by atoms with E-state index in [1.54, 1.807) is 0 Å². The average Bonchev–Trinajstić information content (AvgIpc) is 3.73. The molecule has 0 saturated carbocycles. The minimum atomic E-state index is 0.583. The SMILES string of the molecule is c1ccc2c(-c3nc(-c4nc5ccccc5c5c6ccccc6c6sc7ccccc7c6c45)nc4c3oc3ccccc34)cccc2c1. The van der Waals surface area contributed by atoms with Crippen LogP contribution < -0.4 is 0 Å². The topological polar surface area (TPSA) is 51.8 Å². The van der Waals surface area contributed by atoms with Crippen molar-refractivity contribution in [2.75, 3.05) is 0 Å². The molecule has 0 aliphatic rings. The van der Waals surface area contributed by atoms with Crippen molar-refractivity contribution in [2.45, 2.75) is 0 Å². The molecule has 0 aliphatic carbocycles. The van der Waals surface area contributed by atoms with Gasteiger partial charge in [-0.15, -0.1) is 11.3 Å². The van der Waals surface area contributed by atoms with Crippen LogP contribution in [0.3, 0.4) is 0 Å². The lowest BCUT2D eigenvalue weighted by atomic mass is 9.93. The molecule has 5 heteroatoms. The summed E-state index contributed by atoms with van der Waals surface area (Å²) in [6, 6.07) is 48.8. The predicted octanol–water partition coefficient (Wildman–Crippen LogP) is 12.1. The monoisotopic (exact) mass is 629 g/mol. The van der Waals surface area contributed by atoms with Crippen LogP contribution in [-0.4, -0.2) is 15.0 Å². The number of fused-ring (bicyclic) bond motifs is 14. The number of nitrogens with zero attached hydrogens (tertiary/aromatic N) is 3. The van der Waals surface area contributed by atoms with Gasteiger partial charge in [-0.05, 0) is 40.4 Å². The predicted molar refractivity (Wildman–Crippen MR) is 201 cm³/mol. The third kappa shape index (κ3) is 3.51. The van der Waals surface area contributed by atoms with Crippen molar-refractivity contribution in [1.82, 2.24) is 15.0 Å². The number of para-hydroxylation sites is 2. The van der Waals surface area contributed by atoms with Crippen molar-refractivity contribution in [2.24, 2.45) is 0 Å². The lowest BCUT2D eigenvalue weighted by Gasteiger charge is -2.15. The van der Waals surface area contributed by atoms with Gasteiger partial charge in [0.2, 0.25) is 0 Å². The van der Waals surface area contributed by atoms with E-state index in [-0.39, 0.29) is 0 Å². The summed E-state index contributed by atoms with van der Waals surface area (Å²) >= 11 is 1.84. The second kappa shape index (κ2) is 9.67. The Bertz CT molecular complexity index is 3130. The average molecular weight is 630 g/mol. The van der Waals surface area contributed by atoms with E-state index < -0.39 is 0 Å². The smallest absolute Gasteiger partial charge is 0.180 e. The molecule has 0 N–H and O–H groups in total. The summed E-state index contributed by atoms with van der Waals surface area (Å²) in [5, 5.41) is 11.5. The van der Waals surface area contributed by atoms with Crippen molar-refractivity contribution in [3.05, 3.63) is 140 Å². The molecule has 7 aromatic carbocycles. The van der Waals surface area contributed by atoms with Crippen LogP contribution in [0, 0.1) is 0 Å². The third-order valence-corrected chi connectivity index (χ3v) is 10.9. The standard InChI is InChI=1S/C43H23N3OS/c1-2-14-25-24(12-1)13-11-20-27(25)38-41-39(30-18-6-9-22-33(30)47-41)46-43(45-38)40-37-35(29-17-5-8-21-32(29)44-40)26-15-3-4-16-28(26)42-36(37)31-19-7-10-23-34(31)48-42/h1-23H. The highest BCUT2D eigenvalue weighted by Crippen LogP contribution is 2.48. The molecule has 11 aromatic rings. The lowest BCUT2D eigenvalue weighted by Crippen LogP contribution is -1.98. The fourth-order valence-corrected chi connectivity index (χ4v) is 8.84. The summed E-state index contributed by atoms with van der Waals surface area (Å²) in [6.45, 7) is 0. The highest BCUT2D eigenvalue weighted by atomic mass is 32.1. The van der Waals surface area contributed by atoms with Gasteiger partial charge in [-0.3, -0.25) is 0 Å². The molecule has 222 valence electrons. The van der Waals surface area contributed by atoms with Gasteiger partial charge < -0.3 is 4.42 Å². The Balaban J connectivity index is 1.39. The van der Waals surface area contributed by atoms with Crippen LogP contribution in [0.1, 0.15) is 0 Å². The van der Waals surface area contributed by atoms with E-state index in [1.807, 2.05) is 29.5 Å². The summed E-state index contributed by atoms with van der Waals surface area (Å²) in [5.41, 5.74) is 5.70. The molecular weight excluding hydrogens is 607 g/mol. The zero-order valence-electron chi connectivity index (χ0n) is 25.4. The molecule has 4 aromatic heterocycles. The van der Waals surface area contributed by atoms with Crippen LogP contribution in [0.5, 0.6) is 0 Å². The molecule has 0 fully saturated rings. The second-order valence-corrected chi connectivity index (χ2v) is 13.3. The molecular formula is C43H23N3OS. The van der Waals surface area contributed by atoms with Gasteiger partial charge in [-0.1, -0.05) is 115 Å². The minimum absolute atomic E-state index is 0.583. The normalized spacial score (nSPS) is 12.2. The van der Waals surface area contributed by atoms with Gasteiger partial charge in [0.1, 0.15) is 22.5 Å². The molecule has 0 amide bonds. The number of rotatable bonds is 2. The molecule has 4 nitrogen and oxygen atoms in total. The Morgan fingerprint density at radius 1 is 0.458 bits per heavy atom. The maximum absolute atomic E-state index is 6.56. The van der Waals surface area contributed by atoms with Gasteiger partial charge in [0.15, 0.2) is 11.4 Å². The molecule has 0 aliphatic heterocycles. The number of benzene rings is 7. The molecule has 48 heavy (non-hydrogen) atoms. The third-order valence-electron chi connectivity index (χ3n) is 9.66. The van der Waals surface area contributed by atoms with Crippen molar-refractivity contribution >= 4 is 96.8 Å². The Labute approximate surface area is 277 Å². The van der Waals surface area contributed by atoms with E-state index >= 15 is 0 Å². The van der Waals surface area contributed by atoms with Crippen LogP contribution in [0.25, 0.3) is 108 Å². The van der Waals surface area contributed by atoms with Crippen LogP contribution in [-0.2, 0) is 0 Å². The molecule has 0 spiro atoms. The van der Waals surface area contributed by atoms with Gasteiger partial charge >= 0.3 is 0 Å². The summed E-state index contributed by atoms with van der Waals surface area (Å²) in [7, 11) is 0. The first kappa shape index (κ1) is 26.0. The molecule has 11 rings (SSSR count). The van der Waals surface area contributed by atoms with E-state index in [4.69, 9.17) is 19.4 Å². The Hall–Kier alpha value is -6.17. The molecule has 0 unspecified atom stereocenters. The number of aromatic nitrogens is 3. The lowest BCUT2D eigenvalue weighted by molar-refractivity contribution is 0.667. The Morgan fingerprint density at radius 3 is 2.04 bits per heavy atom. The van der Waals surface area contributed by atoms with Crippen molar-refractivity contribution in [1.29, 1.82) is 0 Å². The maximum Gasteiger partial charge on any atom is 0.180 e. The quantitative estimate of drug-likeness (QED) is 0.179. The number of furan rings is 1. The van der Waals surface area contributed by atoms with Crippen molar-refractivity contribution < 1.29 is 4.42 Å². The summed E-state index contributed by atoms with van der Waals surface area (Å²) < 4.78 is 9.06. The van der Waals surface area contributed by atoms with E-state index in [9.17, 15) is 0 Å². The highest BCUT2D eigenvalue weighted by Gasteiger charge is 2.25. The van der Waals surface area contributed by atoms with Crippen LogP contribution in [0.2, 0.25) is 0 Å². The molecule has 0 saturated heterocycles. The minimum Gasteiger partial charge on any atom is -0.452 e. The first-order valence-corrected chi connectivity index (χ1v) is 16.9. The molecule has 0 radical (unpaired) electrons. The number of pyridine rings is 1. The molecule has 0 atom stereocenters. The second-order valence-electron chi connectivity index (χ2n) is 12.3. The first-order chi connectivity index (χ1) is 23.8. The number of hydrogen-bond acceptors (Lipinski definition) is 5. The maximum atomic E-state index is 6.56. The highest BCUT2D eigenvalue weighted by molar-refractivity contribution is 7.27. The first-order valence-electron chi connectivity index (χ1n) is 16.0. The van der Waals surface area contributed by atoms with Gasteiger partial charge in [0.05, 0.1) is 5.52 Å². The molecule has 0 bridgehead atoms. The number of thiophene rings is 1. The summed E-state index contributed by atoms with van der Waals surface area (Å²) in [6.07, 6.45) is 0. The van der Waals surface area contributed by atoms with E-state index in [2.05, 4.69) is 121 Å². The van der Waals surface area contributed by atoms with Crippen molar-refractivity contribution in [3.63, 3.8) is 0 Å². The summed E-state index contributed by atoms with van der Waals surface area (Å²) in [5.74, 6) is 0.583. The van der Waals surface area contributed by atoms with Gasteiger partial charge in [-0.2, -0.15) is 0 Å². The largest absolute Gasteiger partial charge is 0.452 e. The zero-order chi connectivity index (χ0) is 31.3. The van der Waals surface area contributed by atoms with Crippen molar-refractivity contribution in [3.8, 4) is 22.8 Å². The molecule has 4 heterocycles.